The number of hydrogen-bond acceptors (Lipinski definition) is 4. The average Bonchev–Trinajstić information content (AvgIpc) is 2.51. The van der Waals surface area contributed by atoms with E-state index in [4.69, 9.17) is 4.74 Å². The molecule has 1 aromatic carbocycles. The molecule has 1 N–H and O–H groups in total. The summed E-state index contributed by atoms with van der Waals surface area (Å²) in [6.45, 7) is 2.55. The van der Waals surface area contributed by atoms with Gasteiger partial charge in [-0.2, -0.15) is 4.98 Å². The summed E-state index contributed by atoms with van der Waals surface area (Å²) in [4.78, 5) is 19.8. The fourth-order valence-electron chi connectivity index (χ4n) is 1.95. The Labute approximate surface area is 123 Å². The number of rotatable bonds is 7. The van der Waals surface area contributed by atoms with Crippen LogP contribution in [0.1, 0.15) is 30.7 Å². The molecule has 5 heteroatoms. The summed E-state index contributed by atoms with van der Waals surface area (Å²) in [5.41, 5.74) is 0.938. The van der Waals surface area contributed by atoms with E-state index in [2.05, 4.69) is 9.97 Å². The predicted molar refractivity (Wildman–Crippen MR) is 78.3 cm³/mol. The molecule has 0 saturated heterocycles. The molecule has 1 heterocycles. The molecule has 0 fully saturated rings. The van der Waals surface area contributed by atoms with Gasteiger partial charge in [-0.1, -0.05) is 37.3 Å². The first-order chi connectivity index (χ1) is 10.2. The minimum absolute atomic E-state index is 0.278. The number of hydrogen-bond donors (Lipinski definition) is 1. The van der Waals surface area contributed by atoms with Crippen LogP contribution in [0.15, 0.2) is 42.6 Å². The summed E-state index contributed by atoms with van der Waals surface area (Å²) in [6, 6.07) is 11.1. The zero-order valence-corrected chi connectivity index (χ0v) is 11.9. The molecule has 0 aliphatic carbocycles. The Balaban J connectivity index is 2.20. The van der Waals surface area contributed by atoms with Crippen LogP contribution in [0, 0.1) is 0 Å². The van der Waals surface area contributed by atoms with Crippen molar-refractivity contribution < 1.29 is 14.6 Å². The minimum atomic E-state index is -0.938. The number of aliphatic carboxylic acids is 1. The lowest BCUT2D eigenvalue weighted by Gasteiger charge is -2.12. The first-order valence-corrected chi connectivity index (χ1v) is 6.93. The van der Waals surface area contributed by atoms with Crippen LogP contribution >= 0.6 is 0 Å². The van der Waals surface area contributed by atoms with Crippen molar-refractivity contribution in [1.29, 1.82) is 0 Å². The lowest BCUT2D eigenvalue weighted by Crippen LogP contribution is -2.17. The molecule has 21 heavy (non-hydrogen) atoms. The van der Waals surface area contributed by atoms with E-state index in [1.54, 1.807) is 6.07 Å². The van der Waals surface area contributed by atoms with Gasteiger partial charge in [-0.15, -0.1) is 0 Å². The van der Waals surface area contributed by atoms with E-state index in [9.17, 15) is 9.90 Å². The maximum Gasteiger partial charge on any atom is 0.314 e. The predicted octanol–water partition coefficient (Wildman–Crippen LogP) is 2.68. The number of benzene rings is 1. The van der Waals surface area contributed by atoms with Gasteiger partial charge in [-0.25, -0.2) is 4.98 Å². The van der Waals surface area contributed by atoms with Crippen molar-refractivity contribution in [2.24, 2.45) is 0 Å². The van der Waals surface area contributed by atoms with Gasteiger partial charge in [0.1, 0.15) is 11.7 Å². The van der Waals surface area contributed by atoms with E-state index in [1.165, 1.54) is 6.20 Å². The van der Waals surface area contributed by atoms with Crippen molar-refractivity contribution in [2.45, 2.75) is 25.7 Å². The Morgan fingerprint density at radius 3 is 2.71 bits per heavy atom. The fourth-order valence-corrected chi connectivity index (χ4v) is 1.95. The molecule has 1 unspecified atom stereocenters. The monoisotopic (exact) mass is 286 g/mol. The Morgan fingerprint density at radius 2 is 2.05 bits per heavy atom. The molecule has 5 nitrogen and oxygen atoms in total. The van der Waals surface area contributed by atoms with Gasteiger partial charge in [0.25, 0.3) is 0 Å². The molecule has 0 saturated carbocycles. The van der Waals surface area contributed by atoms with Crippen molar-refractivity contribution >= 4 is 5.97 Å². The smallest absolute Gasteiger partial charge is 0.314 e. The van der Waals surface area contributed by atoms with Crippen molar-refractivity contribution in [3.05, 3.63) is 54.0 Å². The normalized spacial score (nSPS) is 11.9. The van der Waals surface area contributed by atoms with Gasteiger partial charge < -0.3 is 9.84 Å². The van der Waals surface area contributed by atoms with Crippen molar-refractivity contribution in [3.63, 3.8) is 0 Å². The maximum atomic E-state index is 11.5. The number of carbonyl (C=O) groups is 1. The molecule has 110 valence electrons. The first-order valence-electron chi connectivity index (χ1n) is 6.93. The van der Waals surface area contributed by atoms with E-state index >= 15 is 0 Å². The third kappa shape index (κ3) is 4.27. The molecule has 0 radical (unpaired) electrons. The van der Waals surface area contributed by atoms with Gasteiger partial charge in [0.15, 0.2) is 0 Å². The average molecular weight is 286 g/mol. The topological polar surface area (TPSA) is 72.3 Å². The van der Waals surface area contributed by atoms with Gasteiger partial charge in [-0.05, 0) is 18.4 Å². The van der Waals surface area contributed by atoms with E-state index in [0.29, 0.717) is 18.9 Å². The Hall–Kier alpha value is -2.43. The molecular weight excluding hydrogens is 268 g/mol. The number of carboxylic acids is 1. The summed E-state index contributed by atoms with van der Waals surface area (Å²) in [7, 11) is 0. The van der Waals surface area contributed by atoms with Gasteiger partial charge in [0.2, 0.25) is 5.88 Å². The van der Waals surface area contributed by atoms with E-state index in [0.717, 1.165) is 12.0 Å². The quantitative estimate of drug-likeness (QED) is 0.847. The highest BCUT2D eigenvalue weighted by atomic mass is 16.5. The van der Waals surface area contributed by atoms with Crippen molar-refractivity contribution in [2.75, 3.05) is 6.61 Å². The number of aromatic nitrogens is 2. The second-order valence-electron chi connectivity index (χ2n) is 4.68. The SMILES string of the molecule is CCCOc1ccnc(C(Cc2ccccc2)C(=O)O)n1. The third-order valence-corrected chi connectivity index (χ3v) is 3.00. The summed E-state index contributed by atoms with van der Waals surface area (Å²) in [6.07, 6.45) is 2.76. The highest BCUT2D eigenvalue weighted by Gasteiger charge is 2.23. The second kappa shape index (κ2) is 7.38. The molecule has 0 bridgehead atoms. The molecule has 2 rings (SSSR count). The van der Waals surface area contributed by atoms with Crippen molar-refractivity contribution in [3.8, 4) is 5.88 Å². The molecule has 0 aliphatic rings. The zero-order chi connectivity index (χ0) is 15.1. The lowest BCUT2D eigenvalue weighted by atomic mass is 9.98. The largest absolute Gasteiger partial charge is 0.481 e. The number of carboxylic acid groups (broad SMARTS) is 1. The lowest BCUT2D eigenvalue weighted by molar-refractivity contribution is -0.139. The van der Waals surface area contributed by atoms with Crippen LogP contribution in [0.25, 0.3) is 0 Å². The van der Waals surface area contributed by atoms with Gasteiger partial charge in [-0.3, -0.25) is 4.79 Å². The molecule has 1 aromatic heterocycles. The summed E-state index contributed by atoms with van der Waals surface area (Å²) in [5, 5.41) is 9.43. The molecule has 1 atom stereocenters. The van der Waals surface area contributed by atoms with Gasteiger partial charge in [0, 0.05) is 12.3 Å². The minimum Gasteiger partial charge on any atom is -0.481 e. The van der Waals surface area contributed by atoms with Crippen LogP contribution in [0.3, 0.4) is 0 Å². The standard InChI is InChI=1S/C16H18N2O3/c1-2-10-21-14-8-9-17-15(18-14)13(16(19)20)11-12-6-4-3-5-7-12/h3-9,13H,2,10-11H2,1H3,(H,19,20). The van der Waals surface area contributed by atoms with Crippen LogP contribution in [0.2, 0.25) is 0 Å². The van der Waals surface area contributed by atoms with E-state index < -0.39 is 11.9 Å². The maximum absolute atomic E-state index is 11.5. The van der Waals surface area contributed by atoms with Crippen LogP contribution in [0.5, 0.6) is 5.88 Å². The summed E-state index contributed by atoms with van der Waals surface area (Å²) >= 11 is 0. The highest BCUT2D eigenvalue weighted by molar-refractivity contribution is 5.75. The third-order valence-electron chi connectivity index (χ3n) is 3.00. The number of ether oxygens (including phenoxy) is 1. The fraction of sp³-hybridized carbons (Fsp3) is 0.312. The Kier molecular flexibility index (Phi) is 5.26. The first kappa shape index (κ1) is 15.0. The van der Waals surface area contributed by atoms with Gasteiger partial charge in [0.05, 0.1) is 6.61 Å². The summed E-state index contributed by atoms with van der Waals surface area (Å²) < 4.78 is 5.43. The van der Waals surface area contributed by atoms with Crippen LogP contribution in [0.4, 0.5) is 0 Å². The molecule has 0 aliphatic heterocycles. The van der Waals surface area contributed by atoms with Gasteiger partial charge >= 0.3 is 5.97 Å². The number of nitrogens with zero attached hydrogens (tertiary/aromatic N) is 2. The van der Waals surface area contributed by atoms with Crippen LogP contribution in [-0.2, 0) is 11.2 Å². The second-order valence-corrected chi connectivity index (χ2v) is 4.68. The molecule has 0 spiro atoms. The Bertz CT molecular complexity index is 587. The highest BCUT2D eigenvalue weighted by Crippen LogP contribution is 2.20. The summed E-state index contributed by atoms with van der Waals surface area (Å²) in [5.74, 6) is -1.02. The molecular formula is C16H18N2O3. The molecule has 0 amide bonds. The van der Waals surface area contributed by atoms with Crippen molar-refractivity contribution in [1.82, 2.24) is 9.97 Å². The van der Waals surface area contributed by atoms with E-state index in [-0.39, 0.29) is 5.82 Å². The van der Waals surface area contributed by atoms with Crippen LogP contribution in [-0.4, -0.2) is 27.7 Å². The van der Waals surface area contributed by atoms with Crippen LogP contribution < -0.4 is 4.74 Å². The van der Waals surface area contributed by atoms with E-state index in [1.807, 2.05) is 37.3 Å². The Morgan fingerprint density at radius 1 is 1.29 bits per heavy atom. The zero-order valence-electron chi connectivity index (χ0n) is 11.9. The molecule has 2 aromatic rings.